The number of benzene rings is 9. The molecule has 0 saturated heterocycles. The van der Waals surface area contributed by atoms with Crippen molar-refractivity contribution in [2.24, 2.45) is 0 Å². The minimum atomic E-state index is 1.16. The minimum absolute atomic E-state index is 1.16. The number of fused-ring (bicyclic) bond motifs is 7. The predicted octanol–water partition coefficient (Wildman–Crippen LogP) is 14.0. The molecule has 0 fully saturated rings. The van der Waals surface area contributed by atoms with Crippen LogP contribution in [0.4, 0.5) is 0 Å². The highest BCUT2D eigenvalue weighted by Crippen LogP contribution is 2.38. The monoisotopic (exact) mass is 686 g/mol. The maximum absolute atomic E-state index is 2.41. The molecule has 2 heterocycles. The number of aromatic nitrogens is 2. The quantitative estimate of drug-likeness (QED) is 0.171. The minimum Gasteiger partial charge on any atom is -0.309 e. The molecule has 2 nitrogen and oxygen atoms in total. The van der Waals surface area contributed by atoms with Gasteiger partial charge in [-0.25, -0.2) is 0 Å². The summed E-state index contributed by atoms with van der Waals surface area (Å²) in [5.41, 5.74) is 14.5. The van der Waals surface area contributed by atoms with Crippen LogP contribution in [0, 0.1) is 0 Å². The molecule has 0 spiro atoms. The third kappa shape index (κ3) is 4.88. The fraction of sp³-hybridized carbons (Fsp3) is 0. The van der Waals surface area contributed by atoms with Gasteiger partial charge in [-0.3, -0.25) is 0 Å². The summed E-state index contributed by atoms with van der Waals surface area (Å²) in [6.07, 6.45) is 0. The lowest BCUT2D eigenvalue weighted by molar-refractivity contribution is 1.18. The van der Waals surface area contributed by atoms with E-state index in [0.717, 1.165) is 5.69 Å². The first-order valence-electron chi connectivity index (χ1n) is 18.6. The van der Waals surface area contributed by atoms with Gasteiger partial charge in [0.2, 0.25) is 0 Å². The smallest absolute Gasteiger partial charge is 0.0547 e. The second-order valence-corrected chi connectivity index (χ2v) is 14.2. The molecular formula is C52H34N2. The van der Waals surface area contributed by atoms with E-state index in [1.54, 1.807) is 0 Å². The lowest BCUT2D eigenvalue weighted by Gasteiger charge is -2.11. The summed E-state index contributed by atoms with van der Waals surface area (Å²) >= 11 is 0. The zero-order chi connectivity index (χ0) is 35.6. The van der Waals surface area contributed by atoms with E-state index in [-0.39, 0.29) is 0 Å². The molecule has 0 unspecified atom stereocenters. The van der Waals surface area contributed by atoms with Gasteiger partial charge in [0.05, 0.1) is 22.1 Å². The van der Waals surface area contributed by atoms with Crippen LogP contribution in [0.25, 0.3) is 99.1 Å². The van der Waals surface area contributed by atoms with Gasteiger partial charge < -0.3 is 9.13 Å². The van der Waals surface area contributed by atoms with Gasteiger partial charge in [0.25, 0.3) is 0 Å². The van der Waals surface area contributed by atoms with Gasteiger partial charge in [0, 0.05) is 32.9 Å². The van der Waals surface area contributed by atoms with Gasteiger partial charge in [-0.1, -0.05) is 152 Å². The van der Waals surface area contributed by atoms with Crippen LogP contribution in [0.2, 0.25) is 0 Å². The van der Waals surface area contributed by atoms with Crippen LogP contribution in [-0.4, -0.2) is 9.13 Å². The van der Waals surface area contributed by atoms with Crippen LogP contribution in [0.3, 0.4) is 0 Å². The van der Waals surface area contributed by atoms with Crippen molar-refractivity contribution < 1.29 is 0 Å². The zero-order valence-electron chi connectivity index (χ0n) is 29.5. The topological polar surface area (TPSA) is 9.86 Å². The first kappa shape index (κ1) is 30.5. The first-order valence-corrected chi connectivity index (χ1v) is 18.6. The molecule has 0 N–H and O–H groups in total. The Morgan fingerprint density at radius 1 is 0.222 bits per heavy atom. The number of para-hydroxylation sites is 2. The van der Waals surface area contributed by atoms with Crippen molar-refractivity contribution in [3.8, 4) is 44.8 Å². The Morgan fingerprint density at radius 3 is 1.43 bits per heavy atom. The molecule has 11 aromatic rings. The summed E-state index contributed by atoms with van der Waals surface area (Å²) in [6, 6.07) is 75.2. The molecule has 9 aromatic carbocycles. The lowest BCUT2D eigenvalue weighted by Crippen LogP contribution is -1.94. The Balaban J connectivity index is 0.972. The van der Waals surface area contributed by atoms with Crippen LogP contribution in [0.1, 0.15) is 0 Å². The summed E-state index contributed by atoms with van der Waals surface area (Å²) in [6.45, 7) is 0. The summed E-state index contributed by atoms with van der Waals surface area (Å²) in [5.74, 6) is 0. The maximum atomic E-state index is 2.41. The molecule has 0 atom stereocenters. The SMILES string of the molecule is c1ccc(-c2ccc(-n3c4ccccc4c4cc(-c5ccc(-c6ccc7c8ccccc8n(-c8ccc9ccccc9c8)c7c6)cc5)ccc43)cc2)cc1. The zero-order valence-corrected chi connectivity index (χ0v) is 29.5. The second-order valence-electron chi connectivity index (χ2n) is 14.2. The van der Waals surface area contributed by atoms with Crippen LogP contribution >= 0.6 is 0 Å². The third-order valence-electron chi connectivity index (χ3n) is 11.1. The van der Waals surface area contributed by atoms with Gasteiger partial charge >= 0.3 is 0 Å². The highest BCUT2D eigenvalue weighted by Gasteiger charge is 2.16. The van der Waals surface area contributed by atoms with Crippen molar-refractivity contribution in [2.75, 3.05) is 0 Å². The second kappa shape index (κ2) is 12.2. The van der Waals surface area contributed by atoms with E-state index < -0.39 is 0 Å². The van der Waals surface area contributed by atoms with Gasteiger partial charge in [-0.2, -0.15) is 0 Å². The normalized spacial score (nSPS) is 11.7. The van der Waals surface area contributed by atoms with Crippen LogP contribution < -0.4 is 0 Å². The number of hydrogen-bond donors (Lipinski definition) is 0. The summed E-state index contributed by atoms with van der Waals surface area (Å²) in [7, 11) is 0. The van der Waals surface area contributed by atoms with Gasteiger partial charge in [-0.05, 0) is 98.8 Å². The summed E-state index contributed by atoms with van der Waals surface area (Å²) < 4.78 is 4.80. The van der Waals surface area contributed by atoms with Crippen LogP contribution in [0.5, 0.6) is 0 Å². The lowest BCUT2D eigenvalue weighted by atomic mass is 9.98. The average molecular weight is 687 g/mol. The van der Waals surface area contributed by atoms with Crippen molar-refractivity contribution in [2.45, 2.75) is 0 Å². The Kier molecular flexibility index (Phi) is 6.90. The van der Waals surface area contributed by atoms with E-state index in [4.69, 9.17) is 0 Å². The van der Waals surface area contributed by atoms with E-state index in [9.17, 15) is 0 Å². The van der Waals surface area contributed by atoms with Gasteiger partial charge in [0.15, 0.2) is 0 Å². The molecule has 0 aliphatic carbocycles. The maximum Gasteiger partial charge on any atom is 0.0547 e. The fourth-order valence-electron chi connectivity index (χ4n) is 8.46. The molecule has 0 saturated carbocycles. The van der Waals surface area contributed by atoms with Crippen molar-refractivity contribution in [1.29, 1.82) is 0 Å². The Labute approximate surface area is 313 Å². The molecule has 54 heavy (non-hydrogen) atoms. The van der Waals surface area contributed by atoms with E-state index in [0.29, 0.717) is 0 Å². The number of rotatable bonds is 5. The largest absolute Gasteiger partial charge is 0.309 e. The number of nitrogens with zero attached hydrogens (tertiary/aromatic N) is 2. The third-order valence-corrected chi connectivity index (χ3v) is 11.1. The van der Waals surface area contributed by atoms with Crippen LogP contribution in [-0.2, 0) is 0 Å². The molecule has 2 heteroatoms. The molecule has 0 aliphatic rings. The predicted molar refractivity (Wildman–Crippen MR) is 229 cm³/mol. The highest BCUT2D eigenvalue weighted by atomic mass is 15.0. The first-order chi connectivity index (χ1) is 26.8. The van der Waals surface area contributed by atoms with Gasteiger partial charge in [-0.15, -0.1) is 0 Å². The molecule has 0 aliphatic heterocycles. The Morgan fingerprint density at radius 2 is 0.685 bits per heavy atom. The molecule has 0 radical (unpaired) electrons. The Bertz CT molecular complexity index is 3180. The van der Waals surface area contributed by atoms with Gasteiger partial charge in [0.1, 0.15) is 0 Å². The highest BCUT2D eigenvalue weighted by molar-refractivity contribution is 6.11. The van der Waals surface area contributed by atoms with Crippen LogP contribution in [0.15, 0.2) is 206 Å². The fourth-order valence-corrected chi connectivity index (χ4v) is 8.46. The van der Waals surface area contributed by atoms with E-state index in [1.807, 2.05) is 0 Å². The summed E-state index contributed by atoms with van der Waals surface area (Å²) in [5, 5.41) is 7.54. The van der Waals surface area contributed by atoms with E-state index in [2.05, 4.69) is 215 Å². The molecular weight excluding hydrogens is 653 g/mol. The van der Waals surface area contributed by atoms with Crippen molar-refractivity contribution in [1.82, 2.24) is 9.13 Å². The Hall–Kier alpha value is -7.16. The van der Waals surface area contributed by atoms with Crippen molar-refractivity contribution in [3.05, 3.63) is 206 Å². The average Bonchev–Trinajstić information content (AvgIpc) is 3.76. The molecule has 0 amide bonds. The van der Waals surface area contributed by atoms with Crippen molar-refractivity contribution in [3.63, 3.8) is 0 Å². The molecule has 11 rings (SSSR count). The summed E-state index contributed by atoms with van der Waals surface area (Å²) in [4.78, 5) is 0. The van der Waals surface area contributed by atoms with Crippen molar-refractivity contribution >= 4 is 54.4 Å². The molecule has 2 aromatic heterocycles. The molecule has 252 valence electrons. The molecule has 0 bridgehead atoms. The van der Waals surface area contributed by atoms with E-state index >= 15 is 0 Å². The number of hydrogen-bond acceptors (Lipinski definition) is 0. The van der Waals surface area contributed by atoms with E-state index in [1.165, 1.54) is 93.5 Å². The standard InChI is InChI=1S/C52H34N2/c1-2-10-35(11-3-1)37-22-27-43(28-23-37)53-50-17-9-7-15-46(50)48-33-41(26-31-51(48)53)38-18-20-39(21-19-38)42-25-30-47-45-14-6-8-16-49(45)54(52(47)34-42)44-29-24-36-12-4-5-13-40(36)32-44/h1-34H.